The molecule has 0 bridgehead atoms. The highest BCUT2D eigenvalue weighted by molar-refractivity contribution is 5.99. The van der Waals surface area contributed by atoms with Gasteiger partial charge in [0.05, 0.1) is 11.8 Å². The van der Waals surface area contributed by atoms with E-state index in [1.165, 1.54) is 5.56 Å². The Morgan fingerprint density at radius 3 is 2.33 bits per heavy atom. The van der Waals surface area contributed by atoms with Crippen molar-refractivity contribution in [3.8, 4) is 0 Å². The Balaban J connectivity index is 1.81. The zero-order valence-electron chi connectivity index (χ0n) is 13.0. The summed E-state index contributed by atoms with van der Waals surface area (Å²) in [5, 5.41) is 5.77. The number of rotatable bonds is 6. The number of carbonyl (C=O) groups excluding carboxylic acids is 2. The van der Waals surface area contributed by atoms with E-state index in [0.29, 0.717) is 18.9 Å². The summed E-state index contributed by atoms with van der Waals surface area (Å²) in [6.45, 7) is 6.87. The maximum absolute atomic E-state index is 12.1. The van der Waals surface area contributed by atoms with Crippen LogP contribution in [0, 0.1) is 17.8 Å². The molecular weight excluding hydrogens is 264 g/mol. The first-order valence-corrected chi connectivity index (χ1v) is 7.68. The van der Waals surface area contributed by atoms with Crippen LogP contribution in [0.3, 0.4) is 0 Å². The van der Waals surface area contributed by atoms with E-state index in [9.17, 15) is 9.59 Å². The van der Waals surface area contributed by atoms with Gasteiger partial charge in [0.1, 0.15) is 0 Å². The van der Waals surface area contributed by atoms with Crippen LogP contribution in [-0.2, 0) is 16.0 Å². The molecule has 4 nitrogen and oxygen atoms in total. The molecule has 1 aromatic rings. The highest BCUT2D eigenvalue weighted by Crippen LogP contribution is 2.39. The molecule has 0 radical (unpaired) electrons. The number of benzene rings is 1. The van der Waals surface area contributed by atoms with Gasteiger partial charge in [0.2, 0.25) is 11.8 Å². The highest BCUT2D eigenvalue weighted by atomic mass is 16.2. The van der Waals surface area contributed by atoms with Gasteiger partial charge < -0.3 is 10.6 Å². The number of hydrogen-bond donors (Lipinski definition) is 2. The Morgan fingerprint density at radius 2 is 1.76 bits per heavy atom. The molecule has 114 valence electrons. The fourth-order valence-corrected chi connectivity index (χ4v) is 2.27. The van der Waals surface area contributed by atoms with Crippen molar-refractivity contribution in [2.45, 2.75) is 33.6 Å². The Bertz CT molecular complexity index is 508. The Morgan fingerprint density at radius 1 is 1.14 bits per heavy atom. The molecule has 2 amide bonds. The van der Waals surface area contributed by atoms with Crippen molar-refractivity contribution in [3.63, 3.8) is 0 Å². The summed E-state index contributed by atoms with van der Waals surface area (Å²) >= 11 is 0. The van der Waals surface area contributed by atoms with E-state index in [0.717, 1.165) is 12.1 Å². The van der Waals surface area contributed by atoms with Crippen molar-refractivity contribution in [2.24, 2.45) is 17.8 Å². The van der Waals surface area contributed by atoms with Crippen molar-refractivity contribution < 1.29 is 9.59 Å². The minimum absolute atomic E-state index is 0.00480. The van der Waals surface area contributed by atoms with Gasteiger partial charge >= 0.3 is 0 Å². The molecule has 2 unspecified atom stereocenters. The van der Waals surface area contributed by atoms with Crippen LogP contribution in [0.25, 0.3) is 0 Å². The number of nitrogens with one attached hydrogen (secondary N) is 2. The first-order valence-electron chi connectivity index (χ1n) is 7.68. The molecule has 4 heteroatoms. The van der Waals surface area contributed by atoms with Crippen LogP contribution >= 0.6 is 0 Å². The molecule has 1 aliphatic carbocycles. The van der Waals surface area contributed by atoms with Crippen LogP contribution in [0.15, 0.2) is 24.3 Å². The van der Waals surface area contributed by atoms with Crippen LogP contribution in [-0.4, -0.2) is 18.4 Å². The van der Waals surface area contributed by atoms with E-state index in [2.05, 4.69) is 31.4 Å². The number of anilines is 1. The van der Waals surface area contributed by atoms with E-state index in [4.69, 9.17) is 0 Å². The monoisotopic (exact) mass is 288 g/mol. The summed E-state index contributed by atoms with van der Waals surface area (Å²) in [6, 6.07) is 7.84. The fourth-order valence-electron chi connectivity index (χ4n) is 2.27. The van der Waals surface area contributed by atoms with Gasteiger partial charge in [0.25, 0.3) is 0 Å². The van der Waals surface area contributed by atoms with Gasteiger partial charge in [-0.1, -0.05) is 32.9 Å². The minimum Gasteiger partial charge on any atom is -0.356 e. The standard InChI is InChI=1S/C17H24N2O2/c1-4-12-5-7-13(8-6-12)19-17(21)15-9-14(15)16(20)18-10-11(2)3/h5-8,11,14-15H,4,9-10H2,1-3H3,(H,18,20)(H,19,21). The maximum Gasteiger partial charge on any atom is 0.228 e. The second kappa shape index (κ2) is 6.74. The minimum atomic E-state index is -0.178. The lowest BCUT2D eigenvalue weighted by Gasteiger charge is -2.08. The Labute approximate surface area is 126 Å². The summed E-state index contributed by atoms with van der Waals surface area (Å²) in [4.78, 5) is 24.0. The molecule has 0 saturated heterocycles. The fraction of sp³-hybridized carbons (Fsp3) is 0.529. The second-order valence-corrected chi connectivity index (χ2v) is 6.13. The van der Waals surface area contributed by atoms with Crippen molar-refractivity contribution in [1.29, 1.82) is 0 Å². The predicted octanol–water partition coefficient (Wildman–Crippen LogP) is 2.60. The molecule has 1 aromatic carbocycles. The van der Waals surface area contributed by atoms with E-state index in [1.807, 2.05) is 24.3 Å². The summed E-state index contributed by atoms with van der Waals surface area (Å²) < 4.78 is 0. The summed E-state index contributed by atoms with van der Waals surface area (Å²) in [6.07, 6.45) is 1.64. The topological polar surface area (TPSA) is 58.2 Å². The first-order chi connectivity index (χ1) is 10.0. The lowest BCUT2D eigenvalue weighted by molar-refractivity contribution is -0.125. The molecule has 0 spiro atoms. The van der Waals surface area contributed by atoms with Crippen LogP contribution < -0.4 is 10.6 Å². The predicted molar refractivity (Wildman–Crippen MR) is 83.9 cm³/mol. The van der Waals surface area contributed by atoms with Gasteiger partial charge in [-0.3, -0.25) is 9.59 Å². The van der Waals surface area contributed by atoms with Crippen molar-refractivity contribution in [1.82, 2.24) is 5.32 Å². The number of carbonyl (C=O) groups is 2. The third-order valence-corrected chi connectivity index (χ3v) is 3.78. The van der Waals surface area contributed by atoms with Gasteiger partial charge in [-0.05, 0) is 36.5 Å². The molecule has 2 N–H and O–H groups in total. The lowest BCUT2D eigenvalue weighted by Crippen LogP contribution is -2.30. The molecule has 0 aromatic heterocycles. The van der Waals surface area contributed by atoms with Gasteiger partial charge in [-0.15, -0.1) is 0 Å². The molecule has 21 heavy (non-hydrogen) atoms. The van der Waals surface area contributed by atoms with Crippen LogP contribution in [0.1, 0.15) is 32.8 Å². The Kier molecular flexibility index (Phi) is 4.99. The normalized spacial score (nSPS) is 20.2. The van der Waals surface area contributed by atoms with Gasteiger partial charge in [-0.25, -0.2) is 0 Å². The zero-order valence-corrected chi connectivity index (χ0v) is 13.0. The zero-order chi connectivity index (χ0) is 15.4. The number of aryl methyl sites for hydroxylation is 1. The maximum atomic E-state index is 12.1. The summed E-state index contributed by atoms with van der Waals surface area (Å²) in [7, 11) is 0. The van der Waals surface area contributed by atoms with Gasteiger partial charge in [0, 0.05) is 12.2 Å². The molecule has 1 saturated carbocycles. The third-order valence-electron chi connectivity index (χ3n) is 3.78. The van der Waals surface area contributed by atoms with Crippen molar-refractivity contribution >= 4 is 17.5 Å². The lowest BCUT2D eigenvalue weighted by atomic mass is 10.1. The average molecular weight is 288 g/mol. The summed E-state index contributed by atoms with van der Waals surface area (Å²) in [5.41, 5.74) is 2.04. The molecule has 2 atom stereocenters. The molecule has 1 fully saturated rings. The first kappa shape index (κ1) is 15.5. The van der Waals surface area contributed by atoms with E-state index >= 15 is 0 Å². The average Bonchev–Trinajstić information content (AvgIpc) is 3.26. The largest absolute Gasteiger partial charge is 0.356 e. The van der Waals surface area contributed by atoms with E-state index in [1.54, 1.807) is 0 Å². The van der Waals surface area contributed by atoms with Crippen LogP contribution in [0.2, 0.25) is 0 Å². The number of hydrogen-bond acceptors (Lipinski definition) is 2. The smallest absolute Gasteiger partial charge is 0.228 e. The quantitative estimate of drug-likeness (QED) is 0.845. The van der Waals surface area contributed by atoms with Crippen LogP contribution in [0.5, 0.6) is 0 Å². The molecule has 2 rings (SSSR count). The SMILES string of the molecule is CCc1ccc(NC(=O)C2CC2C(=O)NCC(C)C)cc1. The third kappa shape index (κ3) is 4.31. The molecular formula is C17H24N2O2. The molecule has 0 aliphatic heterocycles. The van der Waals surface area contributed by atoms with E-state index < -0.39 is 0 Å². The number of amides is 2. The van der Waals surface area contributed by atoms with Gasteiger partial charge in [-0.2, -0.15) is 0 Å². The van der Waals surface area contributed by atoms with Crippen LogP contribution in [0.4, 0.5) is 5.69 Å². The van der Waals surface area contributed by atoms with Gasteiger partial charge in [0.15, 0.2) is 0 Å². The molecule has 1 aliphatic rings. The summed E-state index contributed by atoms with van der Waals surface area (Å²) in [5.74, 6) is 0.0489. The highest BCUT2D eigenvalue weighted by Gasteiger charge is 2.47. The second-order valence-electron chi connectivity index (χ2n) is 6.13. The van der Waals surface area contributed by atoms with Crippen molar-refractivity contribution in [2.75, 3.05) is 11.9 Å². The van der Waals surface area contributed by atoms with E-state index in [-0.39, 0.29) is 23.7 Å². The van der Waals surface area contributed by atoms with Crippen molar-refractivity contribution in [3.05, 3.63) is 29.8 Å². The Hall–Kier alpha value is -1.84. The molecule has 0 heterocycles.